The standard InChI is InChI=1S/C8H13N3S.C2HF3O2/c1-7-6-8(12-10-7)11-4-2-9-3-5-11;3-2(4,5)1(6)7/h6,9H,2-5H2,1H3;(H,6,7). The molecule has 9 heteroatoms. The monoisotopic (exact) mass is 297 g/mol. The van der Waals surface area contributed by atoms with Crippen LogP contribution in [0.2, 0.25) is 0 Å². The van der Waals surface area contributed by atoms with E-state index >= 15 is 0 Å². The fourth-order valence-electron chi connectivity index (χ4n) is 1.38. The minimum Gasteiger partial charge on any atom is -0.475 e. The highest BCUT2D eigenvalue weighted by atomic mass is 32.1. The van der Waals surface area contributed by atoms with Crippen molar-refractivity contribution in [2.75, 3.05) is 31.1 Å². The van der Waals surface area contributed by atoms with Crippen molar-refractivity contribution in [1.29, 1.82) is 0 Å². The molecule has 0 aromatic carbocycles. The largest absolute Gasteiger partial charge is 0.490 e. The molecule has 0 saturated carbocycles. The van der Waals surface area contributed by atoms with E-state index in [0.717, 1.165) is 31.9 Å². The van der Waals surface area contributed by atoms with Gasteiger partial charge in [0.15, 0.2) is 0 Å². The van der Waals surface area contributed by atoms with E-state index < -0.39 is 12.1 Å². The van der Waals surface area contributed by atoms with E-state index in [0.29, 0.717) is 0 Å². The molecule has 5 nitrogen and oxygen atoms in total. The van der Waals surface area contributed by atoms with Crippen LogP contribution in [0.5, 0.6) is 0 Å². The number of anilines is 1. The minimum atomic E-state index is -5.08. The molecule has 0 atom stereocenters. The number of nitrogens with one attached hydrogen (secondary N) is 1. The van der Waals surface area contributed by atoms with Crippen LogP contribution >= 0.6 is 11.5 Å². The van der Waals surface area contributed by atoms with Crippen molar-refractivity contribution in [2.45, 2.75) is 13.1 Å². The van der Waals surface area contributed by atoms with Crippen molar-refractivity contribution in [1.82, 2.24) is 9.69 Å². The van der Waals surface area contributed by atoms with Crippen LogP contribution in [0.25, 0.3) is 0 Å². The molecule has 0 amide bonds. The average Bonchev–Trinajstić information content (AvgIpc) is 2.77. The van der Waals surface area contributed by atoms with Gasteiger partial charge in [-0.25, -0.2) is 4.79 Å². The first-order chi connectivity index (χ1) is 8.80. The first-order valence-corrected chi connectivity index (χ1v) is 6.27. The molecule has 1 fully saturated rings. The maximum absolute atomic E-state index is 10.6. The number of carboxylic acid groups (broad SMARTS) is 1. The van der Waals surface area contributed by atoms with E-state index in [-0.39, 0.29) is 0 Å². The number of piperazine rings is 1. The molecule has 0 spiro atoms. The van der Waals surface area contributed by atoms with Crippen LogP contribution in [0.4, 0.5) is 18.2 Å². The van der Waals surface area contributed by atoms with Crippen molar-refractivity contribution in [3.05, 3.63) is 11.8 Å². The third-order valence-electron chi connectivity index (χ3n) is 2.29. The van der Waals surface area contributed by atoms with Crippen LogP contribution in [-0.2, 0) is 4.79 Å². The number of aliphatic carboxylic acids is 1. The predicted octanol–water partition coefficient (Wildman–Crippen LogP) is 1.49. The average molecular weight is 297 g/mol. The van der Waals surface area contributed by atoms with Gasteiger partial charge in [-0.3, -0.25) is 0 Å². The smallest absolute Gasteiger partial charge is 0.475 e. The summed E-state index contributed by atoms with van der Waals surface area (Å²) >= 11 is 1.60. The maximum Gasteiger partial charge on any atom is 0.490 e. The number of rotatable bonds is 1. The summed E-state index contributed by atoms with van der Waals surface area (Å²) in [6.45, 7) is 6.46. The molecule has 2 heterocycles. The second-order valence-corrected chi connectivity index (χ2v) is 4.63. The Morgan fingerprint density at radius 3 is 2.37 bits per heavy atom. The fourth-order valence-corrected chi connectivity index (χ4v) is 2.20. The number of aromatic nitrogens is 1. The summed E-state index contributed by atoms with van der Waals surface area (Å²) in [6, 6.07) is 2.16. The number of carboxylic acids is 1. The van der Waals surface area contributed by atoms with Gasteiger partial charge in [0, 0.05) is 26.2 Å². The molecule has 108 valence electrons. The zero-order valence-electron chi connectivity index (χ0n) is 10.2. The number of nitrogens with zero attached hydrogens (tertiary/aromatic N) is 2. The summed E-state index contributed by atoms with van der Waals surface area (Å²) in [5, 5.41) is 11.8. The molecular weight excluding hydrogens is 283 g/mol. The van der Waals surface area contributed by atoms with E-state index in [4.69, 9.17) is 9.90 Å². The van der Waals surface area contributed by atoms with Gasteiger partial charge in [-0.05, 0) is 24.5 Å². The predicted molar refractivity (Wildman–Crippen MR) is 65.6 cm³/mol. The SMILES string of the molecule is Cc1cc(N2CCNCC2)sn1.O=C(O)C(F)(F)F. The second-order valence-electron chi connectivity index (χ2n) is 3.85. The first kappa shape index (κ1) is 15.7. The lowest BCUT2D eigenvalue weighted by Crippen LogP contribution is -2.43. The molecule has 19 heavy (non-hydrogen) atoms. The fraction of sp³-hybridized carbons (Fsp3) is 0.600. The summed E-state index contributed by atoms with van der Waals surface area (Å²) in [4.78, 5) is 11.3. The van der Waals surface area contributed by atoms with Gasteiger partial charge in [0.2, 0.25) is 0 Å². The van der Waals surface area contributed by atoms with E-state index in [9.17, 15) is 13.2 Å². The Bertz CT molecular complexity index is 416. The number of carbonyl (C=O) groups is 1. The third kappa shape index (κ3) is 5.43. The number of hydrogen-bond donors (Lipinski definition) is 2. The topological polar surface area (TPSA) is 65.5 Å². The van der Waals surface area contributed by atoms with E-state index in [2.05, 4.69) is 20.7 Å². The van der Waals surface area contributed by atoms with Gasteiger partial charge in [0.25, 0.3) is 0 Å². The Hall–Kier alpha value is -1.35. The second kappa shape index (κ2) is 6.71. The number of halogens is 3. The van der Waals surface area contributed by atoms with Crippen LogP contribution in [-0.4, -0.2) is 47.8 Å². The molecule has 2 N–H and O–H groups in total. The summed E-state index contributed by atoms with van der Waals surface area (Å²) in [6.07, 6.45) is -5.08. The van der Waals surface area contributed by atoms with Crippen molar-refractivity contribution in [3.63, 3.8) is 0 Å². The lowest BCUT2D eigenvalue weighted by molar-refractivity contribution is -0.192. The highest BCUT2D eigenvalue weighted by molar-refractivity contribution is 7.10. The van der Waals surface area contributed by atoms with Crippen LogP contribution in [0.15, 0.2) is 6.07 Å². The molecule has 1 aliphatic heterocycles. The summed E-state index contributed by atoms with van der Waals surface area (Å²) in [5.74, 6) is -2.76. The van der Waals surface area contributed by atoms with Crippen molar-refractivity contribution < 1.29 is 23.1 Å². The van der Waals surface area contributed by atoms with E-state index in [1.807, 2.05) is 6.92 Å². The Morgan fingerprint density at radius 2 is 2.00 bits per heavy atom. The Labute approximate surface area is 112 Å². The number of aryl methyl sites for hydroxylation is 1. The summed E-state index contributed by atoms with van der Waals surface area (Å²) in [7, 11) is 0. The van der Waals surface area contributed by atoms with Crippen LogP contribution < -0.4 is 10.2 Å². The van der Waals surface area contributed by atoms with Crippen molar-refractivity contribution in [2.24, 2.45) is 0 Å². The molecule has 1 saturated heterocycles. The van der Waals surface area contributed by atoms with Crippen LogP contribution in [0.3, 0.4) is 0 Å². The molecule has 0 aliphatic carbocycles. The molecule has 1 aromatic rings. The van der Waals surface area contributed by atoms with Gasteiger partial charge in [0.1, 0.15) is 5.00 Å². The normalized spacial score (nSPS) is 15.7. The molecule has 1 aromatic heterocycles. The van der Waals surface area contributed by atoms with E-state index in [1.165, 1.54) is 5.00 Å². The molecule has 1 aliphatic rings. The lowest BCUT2D eigenvalue weighted by Gasteiger charge is -2.27. The minimum absolute atomic E-state index is 1.09. The molecule has 0 radical (unpaired) electrons. The zero-order chi connectivity index (χ0) is 14.5. The van der Waals surface area contributed by atoms with Crippen LogP contribution in [0, 0.1) is 6.92 Å². The molecular formula is C10H14F3N3O2S. The summed E-state index contributed by atoms with van der Waals surface area (Å²) in [5.41, 5.74) is 1.13. The Kier molecular flexibility index (Phi) is 5.55. The Morgan fingerprint density at radius 1 is 1.47 bits per heavy atom. The van der Waals surface area contributed by atoms with Crippen molar-refractivity contribution >= 4 is 22.5 Å². The van der Waals surface area contributed by atoms with E-state index in [1.54, 1.807) is 11.5 Å². The lowest BCUT2D eigenvalue weighted by atomic mass is 10.3. The molecule has 2 rings (SSSR count). The first-order valence-electron chi connectivity index (χ1n) is 5.50. The number of hydrogen-bond acceptors (Lipinski definition) is 5. The van der Waals surface area contributed by atoms with Crippen molar-refractivity contribution in [3.8, 4) is 0 Å². The third-order valence-corrected chi connectivity index (χ3v) is 3.23. The quantitative estimate of drug-likeness (QED) is 0.822. The van der Waals surface area contributed by atoms with Crippen LogP contribution in [0.1, 0.15) is 5.69 Å². The zero-order valence-corrected chi connectivity index (χ0v) is 11.0. The van der Waals surface area contributed by atoms with Gasteiger partial charge in [-0.15, -0.1) is 0 Å². The van der Waals surface area contributed by atoms with Gasteiger partial charge < -0.3 is 15.3 Å². The van der Waals surface area contributed by atoms with Gasteiger partial charge in [-0.2, -0.15) is 17.5 Å². The van der Waals surface area contributed by atoms with Gasteiger partial charge >= 0.3 is 12.1 Å². The van der Waals surface area contributed by atoms with Gasteiger partial charge in [-0.1, -0.05) is 0 Å². The Balaban J connectivity index is 0.000000224. The summed E-state index contributed by atoms with van der Waals surface area (Å²) < 4.78 is 36.0. The molecule has 0 unspecified atom stereocenters. The molecule has 0 bridgehead atoms. The highest BCUT2D eigenvalue weighted by Gasteiger charge is 2.38. The highest BCUT2D eigenvalue weighted by Crippen LogP contribution is 2.21. The van der Waals surface area contributed by atoms with Gasteiger partial charge in [0.05, 0.1) is 5.69 Å². The number of alkyl halides is 3. The maximum atomic E-state index is 10.6.